The fourth-order valence-electron chi connectivity index (χ4n) is 6.31. The number of piperidine rings is 1. The van der Waals surface area contributed by atoms with Crippen LogP contribution in [0.15, 0.2) is 0 Å². The van der Waals surface area contributed by atoms with Gasteiger partial charge in [0, 0.05) is 17.0 Å². The lowest BCUT2D eigenvalue weighted by Gasteiger charge is -2.52. The molecule has 2 heterocycles. The van der Waals surface area contributed by atoms with Crippen LogP contribution in [-0.2, 0) is 0 Å². The Balaban J connectivity index is 1.49. The molecule has 2 aliphatic heterocycles. The molecule has 126 valence electrons. The largest absolute Gasteiger partial charge is 0.306 e. The molecule has 4 aliphatic rings. The maximum Gasteiger partial charge on any atom is 0.00809 e. The van der Waals surface area contributed by atoms with Gasteiger partial charge in [0.15, 0.2) is 0 Å². The van der Waals surface area contributed by atoms with Gasteiger partial charge in [0.2, 0.25) is 0 Å². The van der Waals surface area contributed by atoms with Crippen molar-refractivity contribution in [3.63, 3.8) is 0 Å². The maximum absolute atomic E-state index is 2.60. The van der Waals surface area contributed by atoms with Crippen LogP contribution in [-0.4, -0.2) is 35.5 Å². The van der Waals surface area contributed by atoms with Crippen LogP contribution in [0.2, 0.25) is 0 Å². The Morgan fingerprint density at radius 3 is 2.09 bits per heavy atom. The Kier molecular flexibility index (Phi) is 5.07. The van der Waals surface area contributed by atoms with Crippen LogP contribution in [0.4, 0.5) is 0 Å². The highest BCUT2D eigenvalue weighted by molar-refractivity contribution is 8.00. The minimum Gasteiger partial charge on any atom is -0.306 e. The lowest BCUT2D eigenvalue weighted by molar-refractivity contribution is 0.0905. The molecule has 0 aromatic heterocycles. The SMILES string of the molecule is CN1CCCC(CC2C3CCCCC3SC3CCCCC32)C1. The van der Waals surface area contributed by atoms with Crippen molar-refractivity contribution in [2.24, 2.45) is 23.7 Å². The lowest BCUT2D eigenvalue weighted by atomic mass is 9.65. The van der Waals surface area contributed by atoms with E-state index in [9.17, 15) is 0 Å². The Bertz CT molecular complexity index is 349. The first-order valence-electron chi connectivity index (χ1n) is 10.2. The average Bonchev–Trinajstić information content (AvgIpc) is 2.55. The van der Waals surface area contributed by atoms with Crippen LogP contribution >= 0.6 is 11.8 Å². The van der Waals surface area contributed by atoms with Crippen LogP contribution in [0, 0.1) is 23.7 Å². The van der Waals surface area contributed by atoms with E-state index >= 15 is 0 Å². The van der Waals surface area contributed by atoms with Crippen molar-refractivity contribution in [2.45, 2.75) is 81.1 Å². The van der Waals surface area contributed by atoms with Gasteiger partial charge in [0.1, 0.15) is 0 Å². The van der Waals surface area contributed by atoms with Crippen molar-refractivity contribution >= 4 is 11.8 Å². The molecular formula is C20H35NS. The van der Waals surface area contributed by atoms with Gasteiger partial charge in [-0.05, 0) is 82.2 Å². The first-order valence-corrected chi connectivity index (χ1v) is 11.1. The molecule has 5 atom stereocenters. The summed E-state index contributed by atoms with van der Waals surface area (Å²) in [6, 6.07) is 0. The number of nitrogens with zero attached hydrogens (tertiary/aromatic N) is 1. The smallest absolute Gasteiger partial charge is 0.00809 e. The van der Waals surface area contributed by atoms with E-state index in [4.69, 9.17) is 0 Å². The molecular weight excluding hydrogens is 286 g/mol. The summed E-state index contributed by atoms with van der Waals surface area (Å²) in [5.74, 6) is 4.28. The normalized spacial score (nSPS) is 46.8. The second kappa shape index (κ2) is 7.05. The minimum atomic E-state index is 1.01. The number of hydrogen-bond acceptors (Lipinski definition) is 2. The molecule has 22 heavy (non-hydrogen) atoms. The lowest BCUT2D eigenvalue weighted by Crippen LogP contribution is -2.46. The van der Waals surface area contributed by atoms with Gasteiger partial charge < -0.3 is 4.90 Å². The molecule has 1 nitrogen and oxygen atoms in total. The third-order valence-electron chi connectivity index (χ3n) is 7.28. The van der Waals surface area contributed by atoms with Gasteiger partial charge in [-0.2, -0.15) is 11.8 Å². The van der Waals surface area contributed by atoms with E-state index in [2.05, 4.69) is 23.7 Å². The number of fused-ring (bicyclic) bond motifs is 2. The van der Waals surface area contributed by atoms with Crippen LogP contribution < -0.4 is 0 Å². The zero-order chi connectivity index (χ0) is 14.9. The molecule has 0 N–H and O–H groups in total. The summed E-state index contributed by atoms with van der Waals surface area (Å²) >= 11 is 2.46. The molecule has 4 fully saturated rings. The number of hydrogen-bond donors (Lipinski definition) is 0. The minimum absolute atomic E-state index is 1.01. The number of likely N-dealkylation sites (tertiary alicyclic amines) is 1. The molecule has 2 saturated carbocycles. The molecule has 0 aromatic rings. The molecule has 2 heteroatoms. The van der Waals surface area contributed by atoms with E-state index < -0.39 is 0 Å². The summed E-state index contributed by atoms with van der Waals surface area (Å²) < 4.78 is 0. The van der Waals surface area contributed by atoms with Crippen LogP contribution in [0.5, 0.6) is 0 Å². The third kappa shape index (κ3) is 3.24. The van der Waals surface area contributed by atoms with Crippen molar-refractivity contribution < 1.29 is 0 Å². The molecule has 4 rings (SSSR count). The van der Waals surface area contributed by atoms with E-state index in [-0.39, 0.29) is 0 Å². The van der Waals surface area contributed by atoms with Crippen molar-refractivity contribution in [2.75, 3.05) is 20.1 Å². The molecule has 0 radical (unpaired) electrons. The Morgan fingerprint density at radius 1 is 0.818 bits per heavy atom. The van der Waals surface area contributed by atoms with Crippen molar-refractivity contribution in [3.05, 3.63) is 0 Å². The summed E-state index contributed by atoms with van der Waals surface area (Å²) in [5.41, 5.74) is 0. The van der Waals surface area contributed by atoms with E-state index in [1.165, 1.54) is 51.6 Å². The fourth-order valence-corrected chi connectivity index (χ4v) is 8.44. The first-order chi connectivity index (χ1) is 10.8. The summed E-state index contributed by atoms with van der Waals surface area (Å²) in [6.07, 6.45) is 16.8. The zero-order valence-electron chi connectivity index (χ0n) is 14.5. The van der Waals surface area contributed by atoms with Crippen LogP contribution in [0.25, 0.3) is 0 Å². The highest BCUT2D eigenvalue weighted by Crippen LogP contribution is 2.55. The van der Waals surface area contributed by atoms with Gasteiger partial charge in [-0.25, -0.2) is 0 Å². The molecule has 0 aromatic carbocycles. The van der Waals surface area contributed by atoms with E-state index in [1.54, 1.807) is 32.1 Å². The Hall–Kier alpha value is 0.310. The average molecular weight is 322 g/mol. The summed E-state index contributed by atoms with van der Waals surface area (Å²) in [6.45, 7) is 2.73. The maximum atomic E-state index is 2.60. The van der Waals surface area contributed by atoms with Gasteiger partial charge in [-0.3, -0.25) is 0 Å². The van der Waals surface area contributed by atoms with Crippen molar-refractivity contribution in [1.82, 2.24) is 4.90 Å². The second-order valence-corrected chi connectivity index (χ2v) is 10.3. The van der Waals surface area contributed by atoms with Crippen LogP contribution in [0.1, 0.15) is 70.6 Å². The zero-order valence-corrected chi connectivity index (χ0v) is 15.3. The standard InChI is InChI=1S/C20H35NS/c1-21-12-6-7-15(14-21)13-18-16-8-2-4-10-19(16)22-20-11-5-3-9-17(18)20/h15-20H,2-14H2,1H3. The highest BCUT2D eigenvalue weighted by Gasteiger charge is 2.46. The molecule has 0 amide bonds. The van der Waals surface area contributed by atoms with E-state index in [1.807, 2.05) is 0 Å². The van der Waals surface area contributed by atoms with Crippen LogP contribution in [0.3, 0.4) is 0 Å². The molecule has 0 spiro atoms. The van der Waals surface area contributed by atoms with Gasteiger partial charge in [0.25, 0.3) is 0 Å². The molecule has 5 unspecified atom stereocenters. The van der Waals surface area contributed by atoms with Crippen molar-refractivity contribution in [3.8, 4) is 0 Å². The quantitative estimate of drug-likeness (QED) is 0.688. The Morgan fingerprint density at radius 2 is 1.45 bits per heavy atom. The predicted molar refractivity (Wildman–Crippen MR) is 97.4 cm³/mol. The molecule has 2 saturated heterocycles. The van der Waals surface area contributed by atoms with E-state index in [0.29, 0.717) is 0 Å². The summed E-state index contributed by atoms with van der Waals surface area (Å²) in [5, 5.41) is 2.08. The number of thioether (sulfide) groups is 1. The number of rotatable bonds is 2. The third-order valence-corrected chi connectivity index (χ3v) is 9.15. The van der Waals surface area contributed by atoms with E-state index in [0.717, 1.165) is 34.2 Å². The first kappa shape index (κ1) is 15.8. The topological polar surface area (TPSA) is 3.24 Å². The van der Waals surface area contributed by atoms with Gasteiger partial charge >= 0.3 is 0 Å². The molecule has 2 aliphatic carbocycles. The molecule has 0 bridgehead atoms. The summed E-state index contributed by atoms with van der Waals surface area (Å²) in [7, 11) is 2.34. The van der Waals surface area contributed by atoms with Crippen molar-refractivity contribution in [1.29, 1.82) is 0 Å². The van der Waals surface area contributed by atoms with Gasteiger partial charge in [-0.1, -0.05) is 25.7 Å². The highest BCUT2D eigenvalue weighted by atomic mass is 32.2. The fraction of sp³-hybridized carbons (Fsp3) is 1.00. The van der Waals surface area contributed by atoms with Gasteiger partial charge in [0.05, 0.1) is 0 Å². The second-order valence-electron chi connectivity index (χ2n) is 8.78. The van der Waals surface area contributed by atoms with Gasteiger partial charge in [-0.15, -0.1) is 0 Å². The summed E-state index contributed by atoms with van der Waals surface area (Å²) in [4.78, 5) is 2.60. The monoisotopic (exact) mass is 321 g/mol. The Labute approximate surface area is 142 Å². The predicted octanol–water partition coefficient (Wildman–Crippen LogP) is 5.20.